The number of rotatable bonds is 5. The van der Waals surface area contributed by atoms with Gasteiger partial charge in [0.25, 0.3) is 0 Å². The van der Waals surface area contributed by atoms with E-state index in [0.717, 1.165) is 36.6 Å². The Kier molecular flexibility index (Phi) is 5.10. The van der Waals surface area contributed by atoms with Crippen molar-refractivity contribution in [3.05, 3.63) is 71.1 Å². The van der Waals surface area contributed by atoms with Crippen molar-refractivity contribution in [2.45, 2.75) is 11.3 Å². The second kappa shape index (κ2) is 7.83. The van der Waals surface area contributed by atoms with Crippen LogP contribution < -0.4 is 4.74 Å². The summed E-state index contributed by atoms with van der Waals surface area (Å²) in [6, 6.07) is 22.5. The van der Waals surface area contributed by atoms with Crippen molar-refractivity contribution in [3.63, 3.8) is 0 Å². The molecule has 132 valence electrons. The Balaban J connectivity index is 1.77. The van der Waals surface area contributed by atoms with Crippen molar-refractivity contribution in [1.29, 1.82) is 5.26 Å². The lowest BCUT2D eigenvalue weighted by molar-refractivity contribution is 0.340. The van der Waals surface area contributed by atoms with Gasteiger partial charge in [-0.2, -0.15) is 5.26 Å². The van der Waals surface area contributed by atoms with Gasteiger partial charge in [-0.05, 0) is 53.7 Å². The van der Waals surface area contributed by atoms with Crippen LogP contribution in [0.3, 0.4) is 0 Å². The highest BCUT2D eigenvalue weighted by atomic mass is 32.2. The zero-order valence-corrected chi connectivity index (χ0v) is 16.3. The van der Waals surface area contributed by atoms with E-state index < -0.39 is 0 Å². The molecule has 0 unspecified atom stereocenters. The van der Waals surface area contributed by atoms with Gasteiger partial charge in [0.15, 0.2) is 4.34 Å². The number of aromatic nitrogens is 1. The third-order valence-electron chi connectivity index (χ3n) is 4.09. The number of para-hydroxylation sites is 1. The smallest absolute Gasteiger partial charge is 0.156 e. The molecule has 3 nitrogen and oxygen atoms in total. The van der Waals surface area contributed by atoms with Crippen LogP contribution in [-0.4, -0.2) is 11.6 Å². The van der Waals surface area contributed by atoms with Crippen molar-refractivity contribution >= 4 is 50.2 Å². The summed E-state index contributed by atoms with van der Waals surface area (Å²) in [6.45, 7) is 2.54. The monoisotopic (exact) mass is 388 g/mol. The van der Waals surface area contributed by atoms with Gasteiger partial charge in [-0.3, -0.25) is 0 Å². The van der Waals surface area contributed by atoms with E-state index in [2.05, 4.69) is 23.2 Å². The van der Waals surface area contributed by atoms with Crippen molar-refractivity contribution in [1.82, 2.24) is 4.98 Å². The fraction of sp³-hybridized carbons (Fsp3) is 0.0909. The lowest BCUT2D eigenvalue weighted by Crippen LogP contribution is -1.95. The molecule has 0 spiro atoms. The highest BCUT2D eigenvalue weighted by Crippen LogP contribution is 2.37. The molecule has 0 fully saturated rings. The van der Waals surface area contributed by atoms with E-state index in [9.17, 15) is 5.26 Å². The molecule has 0 aliphatic carbocycles. The first-order chi connectivity index (χ1) is 13.3. The summed E-state index contributed by atoms with van der Waals surface area (Å²) in [7, 11) is 0. The molecule has 0 bridgehead atoms. The fourth-order valence-corrected chi connectivity index (χ4v) is 4.87. The molecular formula is C22H16N2OS2. The largest absolute Gasteiger partial charge is 0.493 e. The van der Waals surface area contributed by atoms with E-state index in [-0.39, 0.29) is 0 Å². The Labute approximate surface area is 165 Å². The second-order valence-electron chi connectivity index (χ2n) is 5.80. The summed E-state index contributed by atoms with van der Waals surface area (Å²) in [5.41, 5.74) is 1.89. The SMILES string of the molecule is CCOc1ccc2ccccc2c1C=C(C#N)Sc1nc2ccccc2s1. The van der Waals surface area contributed by atoms with E-state index >= 15 is 0 Å². The van der Waals surface area contributed by atoms with Gasteiger partial charge in [-0.15, -0.1) is 11.3 Å². The average molecular weight is 389 g/mol. The van der Waals surface area contributed by atoms with E-state index in [1.807, 2.05) is 61.5 Å². The van der Waals surface area contributed by atoms with Crippen LogP contribution in [0.15, 0.2) is 69.9 Å². The van der Waals surface area contributed by atoms with Crippen LogP contribution in [0.4, 0.5) is 0 Å². The van der Waals surface area contributed by atoms with Gasteiger partial charge < -0.3 is 4.74 Å². The Morgan fingerprint density at radius 2 is 1.96 bits per heavy atom. The molecule has 1 aromatic heterocycles. The first-order valence-electron chi connectivity index (χ1n) is 8.58. The predicted molar refractivity (Wildman–Crippen MR) is 114 cm³/mol. The summed E-state index contributed by atoms with van der Waals surface area (Å²) < 4.78 is 7.80. The number of thioether (sulfide) groups is 1. The molecule has 0 amide bonds. The molecule has 5 heteroatoms. The molecule has 0 aliphatic heterocycles. The second-order valence-corrected chi connectivity index (χ2v) is 8.12. The van der Waals surface area contributed by atoms with Crippen LogP contribution in [0.1, 0.15) is 12.5 Å². The van der Waals surface area contributed by atoms with E-state index in [0.29, 0.717) is 11.5 Å². The van der Waals surface area contributed by atoms with Crippen LogP contribution in [-0.2, 0) is 0 Å². The third kappa shape index (κ3) is 3.68. The number of thiazole rings is 1. The molecule has 1 heterocycles. The Morgan fingerprint density at radius 3 is 2.78 bits per heavy atom. The van der Waals surface area contributed by atoms with Gasteiger partial charge in [0.1, 0.15) is 11.8 Å². The summed E-state index contributed by atoms with van der Waals surface area (Å²) in [4.78, 5) is 5.21. The molecule has 0 radical (unpaired) electrons. The molecule has 27 heavy (non-hydrogen) atoms. The van der Waals surface area contributed by atoms with E-state index in [1.165, 1.54) is 11.8 Å². The Hall–Kier alpha value is -2.81. The van der Waals surface area contributed by atoms with Gasteiger partial charge in [0, 0.05) is 5.56 Å². The van der Waals surface area contributed by atoms with Gasteiger partial charge in [-0.25, -0.2) is 4.98 Å². The van der Waals surface area contributed by atoms with Crippen LogP contribution in [0.5, 0.6) is 5.75 Å². The van der Waals surface area contributed by atoms with Gasteiger partial charge >= 0.3 is 0 Å². The van der Waals surface area contributed by atoms with Gasteiger partial charge in [0.2, 0.25) is 0 Å². The first-order valence-corrected chi connectivity index (χ1v) is 10.2. The number of ether oxygens (including phenoxy) is 1. The number of hydrogen-bond acceptors (Lipinski definition) is 5. The Bertz CT molecular complexity index is 1150. The van der Waals surface area contributed by atoms with Crippen LogP contribution in [0.2, 0.25) is 0 Å². The minimum absolute atomic E-state index is 0.575. The maximum atomic E-state index is 9.71. The molecule has 0 saturated carbocycles. The first kappa shape index (κ1) is 17.6. The number of fused-ring (bicyclic) bond motifs is 2. The molecule has 3 aromatic carbocycles. The summed E-state index contributed by atoms with van der Waals surface area (Å²) in [5, 5.41) is 11.9. The summed E-state index contributed by atoms with van der Waals surface area (Å²) in [5.74, 6) is 0.786. The van der Waals surface area contributed by atoms with E-state index in [1.54, 1.807) is 11.3 Å². The molecule has 4 rings (SSSR count). The molecule has 0 N–H and O–H groups in total. The van der Waals surface area contributed by atoms with Crippen LogP contribution >= 0.6 is 23.1 Å². The lowest BCUT2D eigenvalue weighted by atomic mass is 10.0. The normalized spacial score (nSPS) is 11.6. The standard InChI is InChI=1S/C22H16N2OS2/c1-2-25-20-12-11-15-7-3-4-8-17(15)18(20)13-16(14-23)26-22-24-19-9-5-6-10-21(19)27-22/h3-13H,2H2,1H3. The van der Waals surface area contributed by atoms with Crippen LogP contribution in [0.25, 0.3) is 27.1 Å². The number of benzene rings is 3. The fourth-order valence-electron chi connectivity index (χ4n) is 2.91. The zero-order chi connectivity index (χ0) is 18.6. The van der Waals surface area contributed by atoms with Crippen molar-refractivity contribution in [2.24, 2.45) is 0 Å². The maximum Gasteiger partial charge on any atom is 0.156 e. The minimum atomic E-state index is 0.575. The topological polar surface area (TPSA) is 45.9 Å². The van der Waals surface area contributed by atoms with Crippen molar-refractivity contribution in [2.75, 3.05) is 6.61 Å². The molecule has 0 aliphatic rings. The Morgan fingerprint density at radius 1 is 1.15 bits per heavy atom. The zero-order valence-electron chi connectivity index (χ0n) is 14.7. The molecular weight excluding hydrogens is 372 g/mol. The van der Waals surface area contributed by atoms with Gasteiger partial charge in [0.05, 0.1) is 21.7 Å². The lowest BCUT2D eigenvalue weighted by Gasteiger charge is -2.11. The average Bonchev–Trinajstić information content (AvgIpc) is 3.11. The molecule has 0 saturated heterocycles. The molecule has 4 aromatic rings. The number of nitrogens with zero attached hydrogens (tertiary/aromatic N) is 2. The maximum absolute atomic E-state index is 9.71. The van der Waals surface area contributed by atoms with Crippen molar-refractivity contribution < 1.29 is 4.74 Å². The predicted octanol–water partition coefficient (Wildman–Crippen LogP) is 6.50. The number of hydrogen-bond donors (Lipinski definition) is 0. The van der Waals surface area contributed by atoms with Crippen LogP contribution in [0, 0.1) is 11.3 Å². The minimum Gasteiger partial charge on any atom is -0.493 e. The van der Waals surface area contributed by atoms with Crippen molar-refractivity contribution in [3.8, 4) is 11.8 Å². The number of allylic oxidation sites excluding steroid dienone is 1. The van der Waals surface area contributed by atoms with Gasteiger partial charge in [-0.1, -0.05) is 42.5 Å². The highest BCUT2D eigenvalue weighted by Gasteiger charge is 2.11. The quantitative estimate of drug-likeness (QED) is 0.289. The van der Waals surface area contributed by atoms with E-state index in [4.69, 9.17) is 4.74 Å². The summed E-state index contributed by atoms with van der Waals surface area (Å²) in [6.07, 6.45) is 1.91. The third-order valence-corrected chi connectivity index (χ3v) is 6.11. The summed E-state index contributed by atoms with van der Waals surface area (Å²) >= 11 is 2.99. The number of nitriles is 1. The highest BCUT2D eigenvalue weighted by molar-refractivity contribution is 8.05. The molecule has 0 atom stereocenters.